The Morgan fingerprint density at radius 3 is 2.50 bits per heavy atom. The van der Waals surface area contributed by atoms with Crippen LogP contribution in [0.5, 0.6) is 0 Å². The van der Waals surface area contributed by atoms with Crippen LogP contribution in [-0.2, 0) is 10.2 Å². The van der Waals surface area contributed by atoms with Gasteiger partial charge in [-0.2, -0.15) is 0 Å². The van der Waals surface area contributed by atoms with Crippen molar-refractivity contribution in [3.8, 4) is 0 Å². The molecule has 4 heteroatoms. The Morgan fingerprint density at radius 1 is 1.17 bits per heavy atom. The van der Waals surface area contributed by atoms with E-state index in [0.29, 0.717) is 23.6 Å². The predicted molar refractivity (Wildman–Crippen MR) is 125 cm³/mol. The summed E-state index contributed by atoms with van der Waals surface area (Å²) in [6.45, 7) is 10.6. The second-order valence-corrected chi connectivity index (χ2v) is 12.1. The van der Waals surface area contributed by atoms with E-state index >= 15 is 0 Å². The van der Waals surface area contributed by atoms with Crippen molar-refractivity contribution in [1.82, 2.24) is 4.90 Å². The summed E-state index contributed by atoms with van der Waals surface area (Å²) in [5, 5.41) is 0. The maximum Gasteiger partial charge on any atom is 0.226 e. The lowest BCUT2D eigenvalue weighted by molar-refractivity contribution is -0.148. The molecule has 6 atom stereocenters. The second-order valence-electron chi connectivity index (χ2n) is 11.8. The van der Waals surface area contributed by atoms with E-state index in [4.69, 9.17) is 17.3 Å². The third kappa shape index (κ3) is 3.81. The van der Waals surface area contributed by atoms with Gasteiger partial charge < -0.3 is 10.6 Å². The molecule has 0 aromatic heterocycles. The van der Waals surface area contributed by atoms with Gasteiger partial charge in [0.1, 0.15) is 0 Å². The van der Waals surface area contributed by atoms with Crippen LogP contribution in [0.2, 0.25) is 0 Å². The lowest BCUT2D eigenvalue weighted by atomic mass is 9.48. The van der Waals surface area contributed by atoms with E-state index in [9.17, 15) is 4.79 Å². The summed E-state index contributed by atoms with van der Waals surface area (Å²) in [4.78, 5) is 16.0. The molecule has 1 saturated heterocycles. The number of carbonyl (C=O) groups is 1. The largest absolute Gasteiger partial charge is 0.342 e. The number of carbonyl (C=O) groups excluding carboxylic acids is 1. The first kappa shape index (κ1) is 22.1. The SMILES string of the molecule is CC1CC2(c3ccccc3)CC(CC(C)(CCl)C2)C1C(=O)N1CCC(N)C(C)(C)C1. The standard InChI is InChI=1S/C26H39ClN2O/c1-18-12-26(20-8-6-5-7-9-20)14-19(13-25(4,15-26)16-27)22(18)23(30)29-11-10-21(28)24(2,3)17-29/h5-9,18-19,21-22H,10-17,28H2,1-4H3. The summed E-state index contributed by atoms with van der Waals surface area (Å²) in [5.41, 5.74) is 8.00. The number of hydrogen-bond donors (Lipinski definition) is 1. The van der Waals surface area contributed by atoms with Gasteiger partial charge in [0.2, 0.25) is 5.91 Å². The molecular weight excluding hydrogens is 392 g/mol. The number of benzene rings is 1. The first-order valence-electron chi connectivity index (χ1n) is 11.8. The maximum absolute atomic E-state index is 13.9. The Bertz CT molecular complexity index is 776. The lowest BCUT2D eigenvalue weighted by Gasteiger charge is -2.57. The van der Waals surface area contributed by atoms with Crippen molar-refractivity contribution in [3.05, 3.63) is 35.9 Å². The van der Waals surface area contributed by atoms with Gasteiger partial charge in [-0.25, -0.2) is 0 Å². The zero-order valence-electron chi connectivity index (χ0n) is 19.2. The first-order valence-corrected chi connectivity index (χ1v) is 12.3. The van der Waals surface area contributed by atoms with Crippen LogP contribution in [0.15, 0.2) is 30.3 Å². The molecule has 2 aliphatic carbocycles. The molecule has 3 nitrogen and oxygen atoms in total. The van der Waals surface area contributed by atoms with Gasteiger partial charge in [-0.15, -0.1) is 11.6 Å². The number of piperidine rings is 1. The fourth-order valence-corrected chi connectivity index (χ4v) is 7.44. The van der Waals surface area contributed by atoms with Crippen LogP contribution >= 0.6 is 11.6 Å². The topological polar surface area (TPSA) is 46.3 Å². The zero-order valence-corrected chi connectivity index (χ0v) is 19.9. The molecular formula is C26H39ClN2O. The molecule has 3 aliphatic rings. The Kier molecular flexibility index (Phi) is 5.77. The predicted octanol–water partition coefficient (Wildman–Crippen LogP) is 5.21. The number of hydrogen-bond acceptors (Lipinski definition) is 2. The van der Waals surface area contributed by atoms with Crippen molar-refractivity contribution < 1.29 is 4.79 Å². The average Bonchev–Trinajstić information content (AvgIpc) is 2.70. The zero-order chi connectivity index (χ0) is 21.7. The number of fused-ring (bicyclic) bond motifs is 2. The van der Waals surface area contributed by atoms with E-state index in [2.05, 4.69) is 62.9 Å². The summed E-state index contributed by atoms with van der Waals surface area (Å²) in [6.07, 6.45) is 5.27. The fraction of sp³-hybridized carbons (Fsp3) is 0.731. The fourth-order valence-electron chi connectivity index (χ4n) is 7.23. The second kappa shape index (κ2) is 7.81. The van der Waals surface area contributed by atoms with Crippen LogP contribution in [0.25, 0.3) is 0 Å². The lowest BCUT2D eigenvalue weighted by Crippen LogP contribution is -2.59. The molecule has 1 aliphatic heterocycles. The van der Waals surface area contributed by atoms with Crippen LogP contribution in [0.4, 0.5) is 0 Å². The Labute approximate surface area is 187 Å². The van der Waals surface area contributed by atoms with Crippen molar-refractivity contribution >= 4 is 17.5 Å². The van der Waals surface area contributed by atoms with E-state index in [1.807, 2.05) is 0 Å². The number of halogens is 1. The number of amides is 1. The van der Waals surface area contributed by atoms with Gasteiger partial charge in [0.15, 0.2) is 0 Å². The molecule has 0 spiro atoms. The minimum atomic E-state index is -0.0170. The van der Waals surface area contributed by atoms with E-state index in [-0.39, 0.29) is 28.2 Å². The third-order valence-electron chi connectivity index (χ3n) is 8.62. The molecule has 30 heavy (non-hydrogen) atoms. The van der Waals surface area contributed by atoms with E-state index in [1.54, 1.807) is 0 Å². The minimum absolute atomic E-state index is 0.0170. The van der Waals surface area contributed by atoms with Crippen LogP contribution < -0.4 is 5.73 Å². The monoisotopic (exact) mass is 430 g/mol. The van der Waals surface area contributed by atoms with Crippen molar-refractivity contribution in [3.63, 3.8) is 0 Å². The smallest absolute Gasteiger partial charge is 0.226 e. The van der Waals surface area contributed by atoms with Crippen molar-refractivity contribution in [2.45, 2.75) is 71.3 Å². The molecule has 4 rings (SSSR count). The van der Waals surface area contributed by atoms with E-state index < -0.39 is 0 Å². The average molecular weight is 431 g/mol. The number of likely N-dealkylation sites (tertiary alicyclic amines) is 1. The summed E-state index contributed by atoms with van der Waals surface area (Å²) in [6, 6.07) is 11.2. The minimum Gasteiger partial charge on any atom is -0.342 e. The maximum atomic E-state index is 13.9. The Hall–Kier alpha value is -1.06. The summed E-state index contributed by atoms with van der Waals surface area (Å²) in [5.74, 6) is 1.93. The number of alkyl halides is 1. The van der Waals surface area contributed by atoms with Crippen molar-refractivity contribution in [2.75, 3.05) is 19.0 Å². The number of nitrogens with zero attached hydrogens (tertiary/aromatic N) is 1. The Morgan fingerprint density at radius 2 is 1.87 bits per heavy atom. The van der Waals surface area contributed by atoms with Gasteiger partial charge in [0, 0.05) is 30.9 Å². The van der Waals surface area contributed by atoms with Gasteiger partial charge >= 0.3 is 0 Å². The summed E-state index contributed by atoms with van der Waals surface area (Å²) in [7, 11) is 0. The Balaban J connectivity index is 1.64. The third-order valence-corrected chi connectivity index (χ3v) is 9.27. The molecule has 166 valence electrons. The highest BCUT2D eigenvalue weighted by molar-refractivity contribution is 6.18. The molecule has 1 aromatic carbocycles. The van der Waals surface area contributed by atoms with Gasteiger partial charge in [-0.3, -0.25) is 4.79 Å². The molecule has 1 heterocycles. The molecule has 6 unspecified atom stereocenters. The first-order chi connectivity index (χ1) is 14.1. The van der Waals surface area contributed by atoms with Gasteiger partial charge in [-0.05, 0) is 65.7 Å². The van der Waals surface area contributed by atoms with Gasteiger partial charge in [-0.1, -0.05) is 58.0 Å². The molecule has 2 bridgehead atoms. The van der Waals surface area contributed by atoms with Crippen LogP contribution in [0, 0.1) is 28.6 Å². The van der Waals surface area contributed by atoms with Gasteiger partial charge in [0.05, 0.1) is 0 Å². The molecule has 1 aromatic rings. The molecule has 1 amide bonds. The highest BCUT2D eigenvalue weighted by atomic mass is 35.5. The number of nitrogens with two attached hydrogens (primary N) is 1. The summed E-state index contributed by atoms with van der Waals surface area (Å²) >= 11 is 6.54. The van der Waals surface area contributed by atoms with Crippen molar-refractivity contribution in [2.24, 2.45) is 34.3 Å². The molecule has 0 radical (unpaired) electrons. The van der Waals surface area contributed by atoms with Crippen LogP contribution in [-0.4, -0.2) is 35.8 Å². The highest BCUT2D eigenvalue weighted by Crippen LogP contribution is 2.60. The van der Waals surface area contributed by atoms with E-state index in [0.717, 1.165) is 45.2 Å². The molecule has 2 N–H and O–H groups in total. The normalized spacial score (nSPS) is 40.8. The van der Waals surface area contributed by atoms with Crippen LogP contribution in [0.3, 0.4) is 0 Å². The van der Waals surface area contributed by atoms with Crippen LogP contribution in [0.1, 0.15) is 65.4 Å². The molecule has 3 fully saturated rings. The highest BCUT2D eigenvalue weighted by Gasteiger charge is 2.56. The molecule has 2 saturated carbocycles. The summed E-state index contributed by atoms with van der Waals surface area (Å²) < 4.78 is 0. The van der Waals surface area contributed by atoms with Gasteiger partial charge in [0.25, 0.3) is 0 Å². The quantitative estimate of drug-likeness (QED) is 0.669. The van der Waals surface area contributed by atoms with E-state index in [1.165, 1.54) is 5.56 Å². The number of rotatable bonds is 3. The van der Waals surface area contributed by atoms with Crippen molar-refractivity contribution in [1.29, 1.82) is 0 Å².